The largest absolute Gasteiger partial charge is 0.463 e. The Morgan fingerprint density at radius 3 is 1.21 bits per heavy atom. The van der Waals surface area contributed by atoms with E-state index in [0.717, 1.165) is 146 Å². The number of ether oxygens (including phenoxy) is 3. The first-order valence-electron chi connectivity index (χ1n) is 37.2. The van der Waals surface area contributed by atoms with Crippen molar-refractivity contribution in [2.24, 2.45) is 53.3 Å². The second-order valence-corrected chi connectivity index (χ2v) is 30.1. The summed E-state index contributed by atoms with van der Waals surface area (Å²) < 4.78 is 16.4. The van der Waals surface area contributed by atoms with E-state index in [9.17, 15) is 43.8 Å². The van der Waals surface area contributed by atoms with Gasteiger partial charge in [0, 0.05) is 73.5 Å². The van der Waals surface area contributed by atoms with Crippen molar-refractivity contribution in [1.82, 2.24) is 0 Å². The summed E-state index contributed by atoms with van der Waals surface area (Å²) in [6.07, 6.45) is 50.5. The van der Waals surface area contributed by atoms with Crippen LogP contribution in [0.2, 0.25) is 0 Å². The Kier molecular flexibility index (Phi) is 44.9. The van der Waals surface area contributed by atoms with Gasteiger partial charge in [0.05, 0.1) is 29.5 Å². The number of alkyl halides is 1. The molecular weight excluding hydrogens is 1270 g/mol. The molecule has 92 heavy (non-hydrogen) atoms. The van der Waals surface area contributed by atoms with E-state index in [-0.39, 0.29) is 61.4 Å². The Balaban J connectivity index is 0.000000468. The number of carbonyl (C=O) groups excluding carboxylic acids is 7. The SMILES string of the molecule is C.CCCCCCCC(=O)CC[C@@H]1C(CC=CCCCC(=O)OC(C)C)C(=O)C[C@H]1CI.CCCCCCC[C@@]1(O)CC[C@H]2C(CC(=O)C2CC=CCCCC(=O)OC(C)C)C1.CCCCCCC[C@]1(O)CC[C@@H]2C(CC=CCCCC(=O)OC(C)C)C(=O)C[C@H]2C1. The van der Waals surface area contributed by atoms with Gasteiger partial charge in [-0.3, -0.25) is 33.6 Å². The maximum absolute atomic E-state index is 12.6. The average Bonchev–Trinajstić information content (AvgIpc) is 1.65. The molecule has 12 nitrogen and oxygen atoms in total. The maximum Gasteiger partial charge on any atom is 0.306 e. The van der Waals surface area contributed by atoms with Crippen LogP contribution in [0.1, 0.15) is 333 Å². The van der Waals surface area contributed by atoms with Crippen LogP contribution in [-0.4, -0.2) is 85.2 Å². The van der Waals surface area contributed by atoms with Gasteiger partial charge in [-0.2, -0.15) is 0 Å². The van der Waals surface area contributed by atoms with Gasteiger partial charge in [-0.25, -0.2) is 0 Å². The van der Waals surface area contributed by atoms with E-state index in [1.807, 2.05) is 41.5 Å². The fourth-order valence-electron chi connectivity index (χ4n) is 15.4. The molecule has 0 aromatic carbocycles. The lowest BCUT2D eigenvalue weighted by atomic mass is 9.69. The molecule has 2 N–H and O–H groups in total. The van der Waals surface area contributed by atoms with Crippen molar-refractivity contribution < 1.29 is 58.0 Å². The fraction of sp³-hybridized carbons (Fsp3) is 0.835. The van der Waals surface area contributed by atoms with Crippen LogP contribution in [0.5, 0.6) is 0 Å². The minimum absolute atomic E-state index is 0. The quantitative estimate of drug-likeness (QED) is 0.0147. The molecule has 0 spiro atoms. The number of halogens is 1. The second kappa shape index (κ2) is 48.6. The maximum atomic E-state index is 12.6. The monoisotopic (exact) mass is 1400 g/mol. The Hall–Kier alpha value is -3.04. The highest BCUT2D eigenvalue weighted by Crippen LogP contribution is 2.51. The predicted octanol–water partition coefficient (Wildman–Crippen LogP) is 20.0. The van der Waals surface area contributed by atoms with E-state index in [2.05, 4.69) is 79.8 Å². The number of carbonyl (C=O) groups is 7. The van der Waals surface area contributed by atoms with E-state index in [4.69, 9.17) is 14.2 Å². The van der Waals surface area contributed by atoms with Crippen molar-refractivity contribution in [2.75, 3.05) is 4.43 Å². The summed E-state index contributed by atoms with van der Waals surface area (Å²) in [5, 5.41) is 22.1. The molecule has 0 aromatic heterocycles. The number of hydrogen-bond acceptors (Lipinski definition) is 12. The third kappa shape index (κ3) is 34.8. The van der Waals surface area contributed by atoms with Crippen LogP contribution >= 0.6 is 22.6 Å². The van der Waals surface area contributed by atoms with Crippen molar-refractivity contribution in [3.8, 4) is 0 Å². The summed E-state index contributed by atoms with van der Waals surface area (Å²) in [6, 6.07) is 0. The number of esters is 3. The summed E-state index contributed by atoms with van der Waals surface area (Å²) in [4.78, 5) is 84.8. The lowest BCUT2D eigenvalue weighted by Gasteiger charge is -2.40. The fourth-order valence-corrected chi connectivity index (χ4v) is 16.3. The highest BCUT2D eigenvalue weighted by atomic mass is 127. The lowest BCUT2D eigenvalue weighted by molar-refractivity contribution is -0.148. The third-order valence-electron chi connectivity index (χ3n) is 20.2. The van der Waals surface area contributed by atoms with Crippen LogP contribution in [0.4, 0.5) is 0 Å². The van der Waals surface area contributed by atoms with Gasteiger partial charge in [0.25, 0.3) is 0 Å². The molecule has 5 aliphatic carbocycles. The summed E-state index contributed by atoms with van der Waals surface area (Å²) >= 11 is 2.39. The molecule has 4 unspecified atom stereocenters. The zero-order valence-electron chi connectivity index (χ0n) is 58.9. The molecule has 0 aromatic rings. The summed E-state index contributed by atoms with van der Waals surface area (Å²) in [5.41, 5.74) is -1.08. The summed E-state index contributed by atoms with van der Waals surface area (Å²) in [5.74, 6) is 3.80. The molecule has 0 saturated heterocycles. The Labute approximate surface area is 574 Å². The number of unbranched alkanes of at least 4 members (excludes halogenated alkanes) is 15. The predicted molar refractivity (Wildman–Crippen MR) is 384 cm³/mol. The van der Waals surface area contributed by atoms with Crippen molar-refractivity contribution in [2.45, 2.75) is 363 Å². The zero-order chi connectivity index (χ0) is 67.0. The van der Waals surface area contributed by atoms with Crippen LogP contribution in [0.25, 0.3) is 0 Å². The van der Waals surface area contributed by atoms with E-state index >= 15 is 0 Å². The number of rotatable bonds is 43. The highest BCUT2D eigenvalue weighted by molar-refractivity contribution is 14.1. The van der Waals surface area contributed by atoms with Crippen molar-refractivity contribution >= 4 is 63.6 Å². The molecule has 13 heteroatoms. The smallest absolute Gasteiger partial charge is 0.306 e. The first-order valence-corrected chi connectivity index (χ1v) is 38.7. The van der Waals surface area contributed by atoms with Gasteiger partial charge in [-0.15, -0.1) is 0 Å². The average molecular weight is 1400 g/mol. The van der Waals surface area contributed by atoms with Gasteiger partial charge in [-0.05, 0) is 199 Å². The molecule has 0 radical (unpaired) electrons. The Bertz CT molecular complexity index is 2080. The number of ketones is 4. The molecular formula is C79H135IO12. The molecule has 530 valence electrons. The van der Waals surface area contributed by atoms with Crippen LogP contribution < -0.4 is 0 Å². The minimum atomic E-state index is -0.539. The highest BCUT2D eigenvalue weighted by Gasteiger charge is 2.50. The van der Waals surface area contributed by atoms with Crippen LogP contribution in [-0.2, 0) is 47.8 Å². The van der Waals surface area contributed by atoms with Crippen LogP contribution in [0.15, 0.2) is 36.5 Å². The molecule has 5 fully saturated rings. The number of allylic oxidation sites excluding steroid dienone is 6. The van der Waals surface area contributed by atoms with Gasteiger partial charge in [0.15, 0.2) is 0 Å². The van der Waals surface area contributed by atoms with Gasteiger partial charge >= 0.3 is 17.9 Å². The first-order chi connectivity index (χ1) is 43.6. The van der Waals surface area contributed by atoms with E-state index in [1.165, 1.54) is 70.6 Å². The standard InChI is InChI=1S/C26H43IO4.2C26H44O4.CH4/c1-4-5-6-7-10-13-22(28)16-17-23-21(19-27)18-25(29)24(23)14-11-8-9-12-15-26(30)31-20(2)3;2*1-4-5-6-9-12-16-26(29)17-15-22-21(19-26)18-24(27)23(22)13-10-7-8-11-14-25(28)30-20(2)3;/h8,11,20-21,23-24H,4-7,9-10,12-19H2,1-3H3;2*7,10,20-23,29H,4-6,8-9,11-19H2,1-3H3;1H4/t21-,23-,24?;21?,22-,23?,26+;21-,22-,23?,26-;/m000./s1. The van der Waals surface area contributed by atoms with Crippen molar-refractivity contribution in [3.63, 3.8) is 0 Å². The van der Waals surface area contributed by atoms with Gasteiger partial charge < -0.3 is 24.4 Å². The molecule has 0 aliphatic heterocycles. The van der Waals surface area contributed by atoms with Crippen LogP contribution in [0, 0.1) is 53.3 Å². The minimum Gasteiger partial charge on any atom is -0.463 e. The molecule has 5 saturated carbocycles. The molecule has 0 amide bonds. The number of aliphatic hydroxyl groups is 2. The topological polar surface area (TPSA) is 188 Å². The lowest BCUT2D eigenvalue weighted by Crippen LogP contribution is -2.38. The first kappa shape index (κ1) is 85.0. The van der Waals surface area contributed by atoms with E-state index in [0.29, 0.717) is 110 Å². The molecule has 0 bridgehead atoms. The molecule has 0 heterocycles. The molecule has 5 aliphatic rings. The summed E-state index contributed by atoms with van der Waals surface area (Å²) in [7, 11) is 0. The molecule has 11 atom stereocenters. The van der Waals surface area contributed by atoms with Crippen LogP contribution in [0.3, 0.4) is 0 Å². The third-order valence-corrected chi connectivity index (χ3v) is 21.3. The molecule has 5 rings (SSSR count). The van der Waals surface area contributed by atoms with E-state index in [1.54, 1.807) is 0 Å². The zero-order valence-corrected chi connectivity index (χ0v) is 61.1. The normalized spacial score (nSPS) is 26.1. The number of fused-ring (bicyclic) bond motifs is 2. The number of Topliss-reactive ketones (excluding diaryl/α,β-unsaturated/α-hetero) is 4. The summed E-state index contributed by atoms with van der Waals surface area (Å²) in [6.45, 7) is 17.8. The van der Waals surface area contributed by atoms with Crippen molar-refractivity contribution in [1.29, 1.82) is 0 Å². The second-order valence-electron chi connectivity index (χ2n) is 29.2. The Morgan fingerprint density at radius 2 is 0.837 bits per heavy atom. The van der Waals surface area contributed by atoms with Crippen molar-refractivity contribution in [3.05, 3.63) is 36.5 Å². The Morgan fingerprint density at radius 1 is 0.478 bits per heavy atom. The van der Waals surface area contributed by atoms with Gasteiger partial charge in [-0.1, -0.05) is 177 Å². The van der Waals surface area contributed by atoms with Gasteiger partial charge in [0.1, 0.15) is 23.1 Å². The van der Waals surface area contributed by atoms with Gasteiger partial charge in [0.2, 0.25) is 0 Å². The number of hydrogen-bond donors (Lipinski definition) is 2. The van der Waals surface area contributed by atoms with E-state index < -0.39 is 11.2 Å².